The summed E-state index contributed by atoms with van der Waals surface area (Å²) in [6.45, 7) is 1.37. The molecule has 1 aliphatic heterocycles. The van der Waals surface area contributed by atoms with E-state index in [1.54, 1.807) is 47.4 Å². The summed E-state index contributed by atoms with van der Waals surface area (Å²) in [4.78, 5) is 27.6. The Balaban J connectivity index is 1.48. The Morgan fingerprint density at radius 3 is 2.44 bits per heavy atom. The van der Waals surface area contributed by atoms with Gasteiger partial charge in [0.25, 0.3) is 5.91 Å². The minimum absolute atomic E-state index is 0.121. The number of amides is 2. The number of aryl methyl sites for hydroxylation is 1. The minimum Gasteiger partial charge on any atom is -0.493 e. The molecule has 0 bridgehead atoms. The summed E-state index contributed by atoms with van der Waals surface area (Å²) in [6.07, 6.45) is 2.36. The van der Waals surface area contributed by atoms with E-state index in [1.165, 1.54) is 20.3 Å². The van der Waals surface area contributed by atoms with Crippen molar-refractivity contribution in [2.45, 2.75) is 25.7 Å². The summed E-state index contributed by atoms with van der Waals surface area (Å²) in [5.74, 6) is 0.988. The summed E-state index contributed by atoms with van der Waals surface area (Å²) < 4.78 is 30.4. The summed E-state index contributed by atoms with van der Waals surface area (Å²) in [5.41, 5.74) is 1.09. The number of halogens is 1. The van der Waals surface area contributed by atoms with Gasteiger partial charge in [0.05, 0.1) is 31.0 Å². The first kappa shape index (κ1) is 23.4. The molecule has 2 amide bonds. The summed E-state index contributed by atoms with van der Waals surface area (Å²) in [7, 11) is 2.99. The quantitative estimate of drug-likeness (QED) is 0.510. The molecule has 0 aliphatic carbocycles. The van der Waals surface area contributed by atoms with Crippen LogP contribution in [0.5, 0.6) is 11.5 Å². The van der Waals surface area contributed by atoms with Crippen molar-refractivity contribution in [2.24, 2.45) is 0 Å². The number of nitrogens with one attached hydrogen (secondary N) is 1. The van der Waals surface area contributed by atoms with Gasteiger partial charge >= 0.3 is 0 Å². The summed E-state index contributed by atoms with van der Waals surface area (Å²) >= 11 is 0. The second kappa shape index (κ2) is 10.4. The Bertz CT molecular complexity index is 1180. The van der Waals surface area contributed by atoms with Crippen LogP contribution in [-0.2, 0) is 11.2 Å². The van der Waals surface area contributed by atoms with Gasteiger partial charge in [-0.1, -0.05) is 12.1 Å². The molecule has 3 aromatic rings. The third kappa shape index (κ3) is 5.06. The Hall–Kier alpha value is -3.81. The fraction of sp³-hybridized carbons (Fsp3) is 0.308. The number of likely N-dealkylation sites (tertiary alicyclic amines) is 1. The van der Waals surface area contributed by atoms with E-state index >= 15 is 0 Å². The number of rotatable bonds is 8. The first-order valence-corrected chi connectivity index (χ1v) is 11.2. The van der Waals surface area contributed by atoms with Crippen LogP contribution in [0.3, 0.4) is 0 Å². The van der Waals surface area contributed by atoms with E-state index < -0.39 is 0 Å². The monoisotopic (exact) mass is 466 g/mol. The lowest BCUT2D eigenvalue weighted by Gasteiger charge is -2.20. The molecule has 1 fully saturated rings. The smallest absolute Gasteiger partial charge is 0.256 e. The molecule has 1 aromatic heterocycles. The molecule has 4 rings (SSSR count). The topological polar surface area (TPSA) is 81.0 Å². The van der Waals surface area contributed by atoms with Crippen LogP contribution in [0.15, 0.2) is 52.9 Å². The van der Waals surface area contributed by atoms with Crippen LogP contribution in [0.25, 0.3) is 11.3 Å². The molecule has 178 valence electrons. The third-order valence-electron chi connectivity index (χ3n) is 5.82. The number of ether oxygens (including phenoxy) is 2. The van der Waals surface area contributed by atoms with Crippen LogP contribution in [0.1, 0.15) is 35.4 Å². The van der Waals surface area contributed by atoms with Crippen molar-refractivity contribution in [2.75, 3.05) is 32.6 Å². The molecule has 7 nitrogen and oxygen atoms in total. The van der Waals surface area contributed by atoms with E-state index in [4.69, 9.17) is 13.9 Å². The van der Waals surface area contributed by atoms with Crippen molar-refractivity contribution in [1.29, 1.82) is 0 Å². The van der Waals surface area contributed by atoms with Crippen molar-refractivity contribution in [3.05, 3.63) is 65.7 Å². The van der Waals surface area contributed by atoms with Crippen molar-refractivity contribution < 1.29 is 27.9 Å². The molecule has 2 heterocycles. The first-order chi connectivity index (χ1) is 16.5. The number of hydrogen-bond acceptors (Lipinski definition) is 5. The normalized spacial score (nSPS) is 13.1. The highest BCUT2D eigenvalue weighted by Gasteiger charge is 2.25. The molecule has 1 saturated heterocycles. The Morgan fingerprint density at radius 2 is 1.74 bits per heavy atom. The zero-order valence-corrected chi connectivity index (χ0v) is 19.2. The van der Waals surface area contributed by atoms with Crippen LogP contribution in [-0.4, -0.2) is 44.0 Å². The molecule has 1 aliphatic rings. The lowest BCUT2D eigenvalue weighted by atomic mass is 10.1. The fourth-order valence-corrected chi connectivity index (χ4v) is 4.02. The van der Waals surface area contributed by atoms with Gasteiger partial charge in [-0.2, -0.15) is 0 Å². The first-order valence-electron chi connectivity index (χ1n) is 11.2. The summed E-state index contributed by atoms with van der Waals surface area (Å²) in [6, 6.07) is 13.0. The molecular formula is C26H27FN2O5. The highest BCUT2D eigenvalue weighted by atomic mass is 19.1. The number of furan rings is 1. The maximum atomic E-state index is 14.0. The van der Waals surface area contributed by atoms with Crippen molar-refractivity contribution in [3.8, 4) is 22.8 Å². The average molecular weight is 467 g/mol. The number of carbonyl (C=O) groups excluding carboxylic acids is 2. The molecule has 0 unspecified atom stereocenters. The maximum Gasteiger partial charge on any atom is 0.256 e. The second-order valence-electron chi connectivity index (χ2n) is 8.05. The molecular weight excluding hydrogens is 439 g/mol. The lowest BCUT2D eigenvalue weighted by Crippen LogP contribution is -2.29. The second-order valence-corrected chi connectivity index (χ2v) is 8.05. The third-order valence-corrected chi connectivity index (χ3v) is 5.82. The number of methoxy groups -OCH3 is 2. The largest absolute Gasteiger partial charge is 0.493 e. The van der Waals surface area contributed by atoms with Gasteiger partial charge in [-0.25, -0.2) is 4.39 Å². The van der Waals surface area contributed by atoms with Gasteiger partial charge in [0, 0.05) is 32.0 Å². The van der Waals surface area contributed by atoms with Gasteiger partial charge in [-0.3, -0.25) is 9.59 Å². The minimum atomic E-state index is -0.371. The van der Waals surface area contributed by atoms with Gasteiger partial charge < -0.3 is 24.1 Å². The van der Waals surface area contributed by atoms with Crippen LogP contribution in [0.4, 0.5) is 10.1 Å². The number of hydrogen-bond donors (Lipinski definition) is 1. The lowest BCUT2D eigenvalue weighted by molar-refractivity contribution is -0.116. The van der Waals surface area contributed by atoms with E-state index in [0.29, 0.717) is 59.3 Å². The fourth-order valence-electron chi connectivity index (χ4n) is 4.02. The molecule has 0 spiro atoms. The van der Waals surface area contributed by atoms with E-state index in [2.05, 4.69) is 5.32 Å². The molecule has 2 aromatic carbocycles. The zero-order chi connectivity index (χ0) is 24.1. The van der Waals surface area contributed by atoms with E-state index in [9.17, 15) is 14.0 Å². The Morgan fingerprint density at radius 1 is 1.03 bits per heavy atom. The molecule has 34 heavy (non-hydrogen) atoms. The van der Waals surface area contributed by atoms with Crippen LogP contribution in [0, 0.1) is 5.82 Å². The van der Waals surface area contributed by atoms with Gasteiger partial charge in [0.15, 0.2) is 11.5 Å². The predicted octanol–water partition coefficient (Wildman–Crippen LogP) is 4.91. The van der Waals surface area contributed by atoms with E-state index in [0.717, 1.165) is 12.8 Å². The molecule has 8 heteroatoms. The summed E-state index contributed by atoms with van der Waals surface area (Å²) in [5, 5.41) is 2.84. The highest BCUT2D eigenvalue weighted by Crippen LogP contribution is 2.34. The molecule has 0 radical (unpaired) electrons. The van der Waals surface area contributed by atoms with Crippen LogP contribution < -0.4 is 14.8 Å². The standard InChI is InChI=1S/C26H27FN2O5/c1-32-23-15-19(26(31)29-13-5-6-14-29)21(16-24(23)33-2)28-25(30)12-10-17-9-11-22(34-17)18-7-3-4-8-20(18)27/h3-4,7-9,11,15-16H,5-6,10,12-14H2,1-2H3,(H,28,30). The van der Waals surface area contributed by atoms with Crippen LogP contribution in [0.2, 0.25) is 0 Å². The predicted molar refractivity (Wildman–Crippen MR) is 126 cm³/mol. The Kier molecular flexibility index (Phi) is 7.15. The van der Waals surface area contributed by atoms with Gasteiger partial charge in [0.1, 0.15) is 17.3 Å². The number of anilines is 1. The van der Waals surface area contributed by atoms with Crippen LogP contribution >= 0.6 is 0 Å². The van der Waals surface area contributed by atoms with Crippen molar-refractivity contribution >= 4 is 17.5 Å². The Labute approximate surface area is 197 Å². The number of benzene rings is 2. The van der Waals surface area contributed by atoms with Crippen molar-refractivity contribution in [3.63, 3.8) is 0 Å². The SMILES string of the molecule is COc1cc(NC(=O)CCc2ccc(-c3ccccc3F)o2)c(C(=O)N2CCCC2)cc1OC. The molecule has 0 saturated carbocycles. The average Bonchev–Trinajstić information content (AvgIpc) is 3.55. The van der Waals surface area contributed by atoms with Crippen molar-refractivity contribution in [1.82, 2.24) is 4.90 Å². The maximum absolute atomic E-state index is 14.0. The number of nitrogens with zero attached hydrogens (tertiary/aromatic N) is 1. The van der Waals surface area contributed by atoms with Gasteiger partial charge in [-0.05, 0) is 43.2 Å². The van der Waals surface area contributed by atoms with Gasteiger partial charge in [0.2, 0.25) is 5.91 Å². The molecule has 0 atom stereocenters. The number of carbonyl (C=O) groups is 2. The molecule has 1 N–H and O–H groups in total. The van der Waals surface area contributed by atoms with E-state index in [1.807, 2.05) is 0 Å². The van der Waals surface area contributed by atoms with Gasteiger partial charge in [-0.15, -0.1) is 0 Å². The zero-order valence-electron chi connectivity index (χ0n) is 19.2. The highest BCUT2D eigenvalue weighted by molar-refractivity contribution is 6.04. The van der Waals surface area contributed by atoms with E-state index in [-0.39, 0.29) is 24.1 Å².